The lowest BCUT2D eigenvalue weighted by molar-refractivity contribution is -0.127. The third-order valence-corrected chi connectivity index (χ3v) is 5.92. The summed E-state index contributed by atoms with van der Waals surface area (Å²) in [6, 6.07) is 10.6. The quantitative estimate of drug-likeness (QED) is 0.795. The number of benzene rings is 1. The van der Waals surface area contributed by atoms with E-state index in [0.717, 1.165) is 42.6 Å². The number of fused-ring (bicyclic) bond motifs is 1. The van der Waals surface area contributed by atoms with E-state index < -0.39 is 0 Å². The van der Waals surface area contributed by atoms with Crippen molar-refractivity contribution < 1.29 is 9.53 Å². The molecule has 4 rings (SSSR count). The van der Waals surface area contributed by atoms with Gasteiger partial charge in [0.05, 0.1) is 12.5 Å². The molecule has 2 aliphatic rings. The molecule has 0 bridgehead atoms. The fourth-order valence-electron chi connectivity index (χ4n) is 4.49. The zero-order valence-electron chi connectivity index (χ0n) is 15.9. The average Bonchev–Trinajstić information content (AvgIpc) is 3.26. The second-order valence-corrected chi connectivity index (χ2v) is 7.74. The first-order valence-corrected chi connectivity index (χ1v) is 10.3. The molecule has 1 N–H and O–H groups in total. The molecule has 5 nitrogen and oxygen atoms in total. The van der Waals surface area contributed by atoms with Crippen molar-refractivity contribution in [3.05, 3.63) is 36.5 Å². The van der Waals surface area contributed by atoms with Crippen LogP contribution < -0.4 is 10.1 Å². The fraction of sp³-hybridized carbons (Fsp3) is 0.545. The van der Waals surface area contributed by atoms with Gasteiger partial charge in [-0.2, -0.15) is 0 Å². The number of aromatic nitrogens is 1. The van der Waals surface area contributed by atoms with Gasteiger partial charge in [-0.1, -0.05) is 31.0 Å². The highest BCUT2D eigenvalue weighted by Crippen LogP contribution is 2.28. The van der Waals surface area contributed by atoms with Crippen LogP contribution in [0.2, 0.25) is 0 Å². The molecule has 1 atom stereocenters. The van der Waals surface area contributed by atoms with Gasteiger partial charge in [-0.15, -0.1) is 0 Å². The Balaban J connectivity index is 1.24. The summed E-state index contributed by atoms with van der Waals surface area (Å²) in [4.78, 5) is 19.5. The smallest absolute Gasteiger partial charge is 0.224 e. The van der Waals surface area contributed by atoms with Gasteiger partial charge in [0.1, 0.15) is 17.9 Å². The zero-order valence-corrected chi connectivity index (χ0v) is 15.9. The molecule has 5 heteroatoms. The molecule has 1 saturated heterocycles. The van der Waals surface area contributed by atoms with Gasteiger partial charge in [-0.25, -0.2) is 0 Å². The van der Waals surface area contributed by atoms with Crippen LogP contribution in [0.25, 0.3) is 10.9 Å². The number of ether oxygens (including phenoxy) is 1. The lowest BCUT2D eigenvalue weighted by Gasteiger charge is -2.36. The molecule has 1 amide bonds. The number of piperidine rings is 1. The Labute approximate surface area is 161 Å². The van der Waals surface area contributed by atoms with E-state index in [0.29, 0.717) is 19.2 Å². The summed E-state index contributed by atoms with van der Waals surface area (Å²) in [5.74, 6) is 1.07. The molecule has 2 heterocycles. The van der Waals surface area contributed by atoms with Gasteiger partial charge in [0, 0.05) is 24.2 Å². The summed E-state index contributed by atoms with van der Waals surface area (Å²) in [6.45, 7) is 3.07. The minimum atomic E-state index is 0.124. The van der Waals surface area contributed by atoms with Gasteiger partial charge in [-0.05, 0) is 44.4 Å². The number of likely N-dealkylation sites (tertiary alicyclic amines) is 1. The van der Waals surface area contributed by atoms with Crippen molar-refractivity contribution >= 4 is 16.8 Å². The van der Waals surface area contributed by atoms with E-state index in [4.69, 9.17) is 4.74 Å². The van der Waals surface area contributed by atoms with Crippen LogP contribution in [0.3, 0.4) is 0 Å². The maximum absolute atomic E-state index is 12.6. The summed E-state index contributed by atoms with van der Waals surface area (Å²) in [7, 11) is 0. The molecule has 144 valence electrons. The van der Waals surface area contributed by atoms with Crippen molar-refractivity contribution in [2.45, 2.75) is 44.6 Å². The van der Waals surface area contributed by atoms with Crippen LogP contribution in [0.1, 0.15) is 38.5 Å². The molecular weight excluding hydrogens is 338 g/mol. The van der Waals surface area contributed by atoms with Crippen molar-refractivity contribution in [3.63, 3.8) is 0 Å². The first-order chi connectivity index (χ1) is 13.3. The van der Waals surface area contributed by atoms with Crippen LogP contribution >= 0.6 is 0 Å². The minimum Gasteiger partial charge on any atom is -0.489 e. The number of hydrogen-bond donors (Lipinski definition) is 1. The van der Waals surface area contributed by atoms with E-state index in [1.807, 2.05) is 30.3 Å². The predicted molar refractivity (Wildman–Crippen MR) is 107 cm³/mol. The van der Waals surface area contributed by atoms with Crippen LogP contribution in [0.15, 0.2) is 36.5 Å². The molecule has 2 fully saturated rings. The number of hydrogen-bond acceptors (Lipinski definition) is 4. The van der Waals surface area contributed by atoms with E-state index in [1.165, 1.54) is 25.7 Å². The maximum atomic E-state index is 12.6. The van der Waals surface area contributed by atoms with Gasteiger partial charge in [0.2, 0.25) is 5.91 Å². The number of carbonyl (C=O) groups is 1. The van der Waals surface area contributed by atoms with Crippen molar-refractivity contribution in [3.8, 4) is 5.75 Å². The number of amides is 1. The van der Waals surface area contributed by atoms with Crippen molar-refractivity contribution in [2.75, 3.05) is 26.2 Å². The van der Waals surface area contributed by atoms with Gasteiger partial charge < -0.3 is 10.1 Å². The largest absolute Gasteiger partial charge is 0.489 e. The molecule has 0 radical (unpaired) electrons. The second-order valence-electron chi connectivity index (χ2n) is 7.74. The molecule has 1 saturated carbocycles. The molecular formula is C22H29N3O2. The SMILES string of the molecule is O=C(NCCOc1cccc2cccnc12)C1CCCN(C2CCCC2)C1. The lowest BCUT2D eigenvalue weighted by Crippen LogP contribution is -2.46. The number of nitrogens with zero attached hydrogens (tertiary/aromatic N) is 2. The van der Waals surface area contributed by atoms with E-state index in [9.17, 15) is 4.79 Å². The van der Waals surface area contributed by atoms with Crippen molar-refractivity contribution in [1.29, 1.82) is 0 Å². The molecule has 1 aromatic carbocycles. The van der Waals surface area contributed by atoms with Gasteiger partial charge >= 0.3 is 0 Å². The number of pyridine rings is 1. The molecule has 1 aromatic heterocycles. The van der Waals surface area contributed by atoms with Crippen LogP contribution in [0.5, 0.6) is 5.75 Å². The summed E-state index contributed by atoms with van der Waals surface area (Å²) in [5, 5.41) is 4.13. The summed E-state index contributed by atoms with van der Waals surface area (Å²) in [5.41, 5.74) is 0.866. The Hall–Kier alpha value is -2.14. The first kappa shape index (κ1) is 18.2. The van der Waals surface area contributed by atoms with E-state index in [1.54, 1.807) is 6.20 Å². The Morgan fingerprint density at radius 3 is 2.89 bits per heavy atom. The molecule has 1 aliphatic carbocycles. The molecule has 1 aliphatic heterocycles. The third kappa shape index (κ3) is 4.41. The molecule has 2 aromatic rings. The minimum absolute atomic E-state index is 0.124. The average molecular weight is 367 g/mol. The van der Waals surface area contributed by atoms with E-state index in [-0.39, 0.29) is 11.8 Å². The normalized spacial score (nSPS) is 21.4. The Bertz CT molecular complexity index is 768. The lowest BCUT2D eigenvalue weighted by atomic mass is 9.95. The third-order valence-electron chi connectivity index (χ3n) is 5.92. The van der Waals surface area contributed by atoms with Crippen LogP contribution in [-0.2, 0) is 4.79 Å². The standard InChI is InChI=1S/C22H29N3O2/c26-22(18-8-5-14-25(16-18)19-9-1-2-10-19)24-13-15-27-20-11-3-6-17-7-4-12-23-21(17)20/h3-4,6-7,11-12,18-19H,1-2,5,8-10,13-16H2,(H,24,26). The fourth-order valence-corrected chi connectivity index (χ4v) is 4.49. The molecule has 0 spiro atoms. The maximum Gasteiger partial charge on any atom is 0.224 e. The Morgan fingerprint density at radius 2 is 2.00 bits per heavy atom. The highest BCUT2D eigenvalue weighted by molar-refractivity contribution is 5.84. The number of rotatable bonds is 6. The second kappa shape index (κ2) is 8.70. The Kier molecular flexibility index (Phi) is 5.87. The van der Waals surface area contributed by atoms with Crippen molar-refractivity contribution in [2.24, 2.45) is 5.92 Å². The van der Waals surface area contributed by atoms with Gasteiger partial charge in [0.25, 0.3) is 0 Å². The summed E-state index contributed by atoms with van der Waals surface area (Å²) >= 11 is 0. The zero-order chi connectivity index (χ0) is 18.5. The van der Waals surface area contributed by atoms with Crippen LogP contribution in [0, 0.1) is 5.92 Å². The summed E-state index contributed by atoms with van der Waals surface area (Å²) in [6.07, 6.45) is 9.21. The summed E-state index contributed by atoms with van der Waals surface area (Å²) < 4.78 is 5.87. The predicted octanol–water partition coefficient (Wildman–Crippen LogP) is 3.38. The highest BCUT2D eigenvalue weighted by atomic mass is 16.5. The van der Waals surface area contributed by atoms with Crippen LogP contribution in [-0.4, -0.2) is 48.1 Å². The van der Waals surface area contributed by atoms with Crippen LogP contribution in [0.4, 0.5) is 0 Å². The molecule has 27 heavy (non-hydrogen) atoms. The first-order valence-electron chi connectivity index (χ1n) is 10.3. The number of para-hydroxylation sites is 1. The van der Waals surface area contributed by atoms with Crippen molar-refractivity contribution in [1.82, 2.24) is 15.2 Å². The number of carbonyl (C=O) groups excluding carboxylic acids is 1. The van der Waals surface area contributed by atoms with E-state index in [2.05, 4.69) is 15.2 Å². The van der Waals surface area contributed by atoms with Gasteiger partial charge in [-0.3, -0.25) is 14.7 Å². The Morgan fingerprint density at radius 1 is 1.15 bits per heavy atom. The molecule has 1 unspecified atom stereocenters. The monoisotopic (exact) mass is 367 g/mol. The highest BCUT2D eigenvalue weighted by Gasteiger charge is 2.30. The van der Waals surface area contributed by atoms with E-state index >= 15 is 0 Å². The topological polar surface area (TPSA) is 54.5 Å². The number of nitrogens with one attached hydrogen (secondary N) is 1. The van der Waals surface area contributed by atoms with Gasteiger partial charge in [0.15, 0.2) is 0 Å².